The Balaban J connectivity index is 2.08. The molecule has 0 aromatic carbocycles. The Kier molecular flexibility index (Phi) is 3.87. The topological polar surface area (TPSA) is 39.0 Å². The lowest BCUT2D eigenvalue weighted by Gasteiger charge is -2.10. The minimum atomic E-state index is 0.0567. The van der Waals surface area contributed by atoms with Gasteiger partial charge in [0.05, 0.1) is 12.2 Å². The summed E-state index contributed by atoms with van der Waals surface area (Å²) in [7, 11) is 2.02. The molecule has 2 rings (SSSR count). The molecule has 4 nitrogen and oxygen atoms in total. The number of rotatable bonds is 5. The number of nitrogens with one attached hydrogen (secondary N) is 1. The summed E-state index contributed by atoms with van der Waals surface area (Å²) in [4.78, 5) is 11.6. The Morgan fingerprint density at radius 2 is 2.11 bits per heavy atom. The van der Waals surface area contributed by atoms with Crippen molar-refractivity contribution in [3.05, 3.63) is 52.7 Å². The van der Waals surface area contributed by atoms with E-state index in [2.05, 4.69) is 22.9 Å². The van der Waals surface area contributed by atoms with Gasteiger partial charge in [-0.15, -0.1) is 0 Å². The van der Waals surface area contributed by atoms with E-state index in [0.717, 1.165) is 25.2 Å². The largest absolute Gasteiger partial charge is 0.378 e. The van der Waals surface area contributed by atoms with E-state index >= 15 is 0 Å². The molecule has 0 amide bonds. The van der Waals surface area contributed by atoms with Crippen LogP contribution >= 0.6 is 0 Å². The molecule has 0 unspecified atom stereocenters. The van der Waals surface area contributed by atoms with Gasteiger partial charge in [-0.1, -0.05) is 6.92 Å². The molecule has 0 atom stereocenters. The molecular weight excluding hydrogens is 226 g/mol. The molecule has 0 bridgehead atoms. The number of nitrogens with zero attached hydrogens (tertiary/aromatic N) is 2. The van der Waals surface area contributed by atoms with Gasteiger partial charge in [0.2, 0.25) is 0 Å². The average molecular weight is 245 g/mol. The van der Waals surface area contributed by atoms with E-state index in [1.54, 1.807) is 10.6 Å². The molecule has 0 saturated carbocycles. The van der Waals surface area contributed by atoms with Crippen LogP contribution in [0.3, 0.4) is 0 Å². The summed E-state index contributed by atoms with van der Waals surface area (Å²) in [5.74, 6) is 0. The molecular formula is C14H19N3O. The van der Waals surface area contributed by atoms with Gasteiger partial charge in [-0.2, -0.15) is 0 Å². The van der Waals surface area contributed by atoms with E-state index in [0.29, 0.717) is 0 Å². The van der Waals surface area contributed by atoms with Gasteiger partial charge in [0.15, 0.2) is 0 Å². The Morgan fingerprint density at radius 1 is 1.28 bits per heavy atom. The summed E-state index contributed by atoms with van der Waals surface area (Å²) >= 11 is 0. The van der Waals surface area contributed by atoms with Crippen LogP contribution < -0.4 is 10.9 Å². The molecule has 0 spiro atoms. The predicted molar refractivity (Wildman–Crippen MR) is 73.7 cm³/mol. The van der Waals surface area contributed by atoms with Crippen LogP contribution in [-0.4, -0.2) is 9.13 Å². The molecule has 0 saturated heterocycles. The lowest BCUT2D eigenvalue weighted by atomic mass is 10.3. The van der Waals surface area contributed by atoms with Crippen molar-refractivity contribution < 1.29 is 0 Å². The maximum atomic E-state index is 11.6. The van der Waals surface area contributed by atoms with E-state index in [9.17, 15) is 4.79 Å². The molecule has 0 fully saturated rings. The molecule has 0 aliphatic carbocycles. The van der Waals surface area contributed by atoms with Gasteiger partial charge in [-0.05, 0) is 24.6 Å². The molecule has 18 heavy (non-hydrogen) atoms. The molecule has 0 aliphatic heterocycles. The van der Waals surface area contributed by atoms with Crippen molar-refractivity contribution in [2.24, 2.45) is 7.05 Å². The first-order valence-corrected chi connectivity index (χ1v) is 6.25. The van der Waals surface area contributed by atoms with Crippen molar-refractivity contribution in [3.8, 4) is 0 Å². The fourth-order valence-electron chi connectivity index (χ4n) is 1.92. The van der Waals surface area contributed by atoms with Gasteiger partial charge in [-0.3, -0.25) is 4.79 Å². The molecule has 96 valence electrons. The predicted octanol–water partition coefficient (Wildman–Crippen LogP) is 2.21. The third-order valence-electron chi connectivity index (χ3n) is 2.97. The van der Waals surface area contributed by atoms with E-state index in [1.165, 1.54) is 5.69 Å². The van der Waals surface area contributed by atoms with E-state index < -0.39 is 0 Å². The van der Waals surface area contributed by atoms with Crippen LogP contribution in [0.25, 0.3) is 0 Å². The molecule has 0 radical (unpaired) electrons. The summed E-state index contributed by atoms with van der Waals surface area (Å²) in [6.45, 7) is 3.59. The normalized spacial score (nSPS) is 10.6. The van der Waals surface area contributed by atoms with Crippen molar-refractivity contribution in [3.63, 3.8) is 0 Å². The second-order valence-electron chi connectivity index (χ2n) is 4.41. The van der Waals surface area contributed by atoms with Crippen molar-refractivity contribution in [2.45, 2.75) is 26.4 Å². The Morgan fingerprint density at radius 3 is 2.78 bits per heavy atom. The maximum absolute atomic E-state index is 11.6. The molecule has 2 heterocycles. The van der Waals surface area contributed by atoms with Gasteiger partial charge >= 0.3 is 0 Å². The second kappa shape index (κ2) is 5.58. The zero-order chi connectivity index (χ0) is 13.0. The summed E-state index contributed by atoms with van der Waals surface area (Å²) in [6, 6.07) is 7.55. The van der Waals surface area contributed by atoms with Gasteiger partial charge in [0.1, 0.15) is 0 Å². The minimum Gasteiger partial charge on any atom is -0.378 e. The number of hydrogen-bond acceptors (Lipinski definition) is 2. The minimum absolute atomic E-state index is 0.0567. The van der Waals surface area contributed by atoms with Crippen molar-refractivity contribution in [2.75, 3.05) is 5.32 Å². The third kappa shape index (κ3) is 2.83. The van der Waals surface area contributed by atoms with Crippen LogP contribution in [-0.2, 0) is 20.1 Å². The van der Waals surface area contributed by atoms with Gasteiger partial charge in [0.25, 0.3) is 5.56 Å². The van der Waals surface area contributed by atoms with Crippen LogP contribution in [0.4, 0.5) is 5.69 Å². The van der Waals surface area contributed by atoms with Gasteiger partial charge in [0, 0.05) is 37.7 Å². The number of aromatic nitrogens is 2. The Labute approximate surface area is 107 Å². The first kappa shape index (κ1) is 12.5. The number of pyridine rings is 1. The van der Waals surface area contributed by atoms with E-state index in [4.69, 9.17) is 0 Å². The zero-order valence-corrected chi connectivity index (χ0v) is 10.9. The highest BCUT2D eigenvalue weighted by atomic mass is 16.1. The summed E-state index contributed by atoms with van der Waals surface area (Å²) in [5.41, 5.74) is 2.24. The quantitative estimate of drug-likeness (QED) is 0.877. The van der Waals surface area contributed by atoms with Crippen LogP contribution in [0.15, 0.2) is 41.5 Å². The fraction of sp³-hybridized carbons (Fsp3) is 0.357. The number of hydrogen-bond donors (Lipinski definition) is 1. The smallest absolute Gasteiger partial charge is 0.250 e. The van der Waals surface area contributed by atoms with Gasteiger partial charge in [-0.25, -0.2) is 0 Å². The standard InChI is InChI=1S/C14H19N3O/c1-3-8-17-11-12(6-7-14(17)18)15-10-13-5-4-9-16(13)2/h4-7,9,11,15H,3,8,10H2,1-2H3. The van der Waals surface area contributed by atoms with Gasteiger partial charge < -0.3 is 14.5 Å². The molecule has 1 N–H and O–H groups in total. The maximum Gasteiger partial charge on any atom is 0.250 e. The molecule has 2 aromatic heterocycles. The Bertz CT molecular complexity index is 568. The SMILES string of the molecule is CCCn1cc(NCc2cccn2C)ccc1=O. The molecule has 4 heteroatoms. The average Bonchev–Trinajstić information content (AvgIpc) is 2.76. The first-order valence-electron chi connectivity index (χ1n) is 6.25. The summed E-state index contributed by atoms with van der Waals surface area (Å²) in [5, 5.41) is 3.33. The third-order valence-corrected chi connectivity index (χ3v) is 2.97. The van der Waals surface area contributed by atoms with Crippen molar-refractivity contribution in [1.82, 2.24) is 9.13 Å². The summed E-state index contributed by atoms with van der Waals surface area (Å²) < 4.78 is 3.82. The zero-order valence-electron chi connectivity index (χ0n) is 10.9. The summed E-state index contributed by atoms with van der Waals surface area (Å²) in [6.07, 6.45) is 4.87. The molecule has 2 aromatic rings. The highest BCUT2D eigenvalue weighted by Crippen LogP contribution is 2.07. The highest BCUT2D eigenvalue weighted by Gasteiger charge is 2.00. The fourth-order valence-corrected chi connectivity index (χ4v) is 1.92. The second-order valence-corrected chi connectivity index (χ2v) is 4.41. The van der Waals surface area contributed by atoms with Crippen LogP contribution in [0.2, 0.25) is 0 Å². The number of aryl methyl sites for hydroxylation is 2. The van der Waals surface area contributed by atoms with Crippen molar-refractivity contribution >= 4 is 5.69 Å². The first-order chi connectivity index (χ1) is 8.70. The monoisotopic (exact) mass is 245 g/mol. The Hall–Kier alpha value is -1.97. The van der Waals surface area contributed by atoms with E-state index in [-0.39, 0.29) is 5.56 Å². The van der Waals surface area contributed by atoms with Crippen molar-refractivity contribution in [1.29, 1.82) is 0 Å². The van der Waals surface area contributed by atoms with E-state index in [1.807, 2.05) is 31.6 Å². The molecule has 0 aliphatic rings. The van der Waals surface area contributed by atoms with Crippen LogP contribution in [0, 0.1) is 0 Å². The highest BCUT2D eigenvalue weighted by molar-refractivity contribution is 5.40. The lowest BCUT2D eigenvalue weighted by molar-refractivity contribution is 0.654. The number of anilines is 1. The lowest BCUT2D eigenvalue weighted by Crippen LogP contribution is -2.19. The van der Waals surface area contributed by atoms with Crippen LogP contribution in [0.1, 0.15) is 19.0 Å². The van der Waals surface area contributed by atoms with Crippen LogP contribution in [0.5, 0.6) is 0 Å².